The monoisotopic (exact) mass is 459 g/mol. The third kappa shape index (κ3) is 8.62. The van der Waals surface area contributed by atoms with Gasteiger partial charge in [-0.3, -0.25) is 9.59 Å². The van der Waals surface area contributed by atoms with Crippen LogP contribution in [-0.4, -0.2) is 44.0 Å². The molecule has 34 heavy (non-hydrogen) atoms. The van der Waals surface area contributed by atoms with Gasteiger partial charge in [0.15, 0.2) is 0 Å². The molecule has 6 heteroatoms. The summed E-state index contributed by atoms with van der Waals surface area (Å²) in [7, 11) is 3.51. The Morgan fingerprint density at radius 3 is 2.29 bits per heavy atom. The Morgan fingerprint density at radius 1 is 0.824 bits per heavy atom. The van der Waals surface area contributed by atoms with Crippen molar-refractivity contribution in [2.45, 2.75) is 25.7 Å². The number of nitrogens with zero attached hydrogens (tertiary/aromatic N) is 1. The van der Waals surface area contributed by atoms with Crippen LogP contribution in [0.1, 0.15) is 24.0 Å². The van der Waals surface area contributed by atoms with E-state index in [-0.39, 0.29) is 18.4 Å². The van der Waals surface area contributed by atoms with E-state index in [9.17, 15) is 9.59 Å². The van der Waals surface area contributed by atoms with E-state index in [1.807, 2.05) is 66.7 Å². The van der Waals surface area contributed by atoms with Crippen LogP contribution in [0.15, 0.2) is 78.9 Å². The molecule has 3 aromatic rings. The summed E-state index contributed by atoms with van der Waals surface area (Å²) in [4.78, 5) is 25.6. The molecule has 6 nitrogen and oxygen atoms in total. The minimum atomic E-state index is -0.135. The SMILES string of the molecule is CN(C)C(=O)CCc1ccc(NC(=O)CNc2cccc(OCCCc3ccccc3)c2)cc1. The normalized spacial score (nSPS) is 10.4. The number of hydrogen-bond acceptors (Lipinski definition) is 4. The molecule has 0 bridgehead atoms. The predicted octanol–water partition coefficient (Wildman–Crippen LogP) is 4.77. The second-order valence-corrected chi connectivity index (χ2v) is 8.35. The van der Waals surface area contributed by atoms with Crippen LogP contribution >= 0.6 is 0 Å². The van der Waals surface area contributed by atoms with Crippen LogP contribution in [0.2, 0.25) is 0 Å². The van der Waals surface area contributed by atoms with Gasteiger partial charge in [0.1, 0.15) is 5.75 Å². The van der Waals surface area contributed by atoms with Crippen LogP contribution in [0, 0.1) is 0 Å². The lowest BCUT2D eigenvalue weighted by atomic mass is 10.1. The summed E-state index contributed by atoms with van der Waals surface area (Å²) in [5.41, 5.74) is 3.93. The minimum Gasteiger partial charge on any atom is -0.494 e. The number of nitrogens with one attached hydrogen (secondary N) is 2. The Morgan fingerprint density at radius 2 is 1.56 bits per heavy atom. The van der Waals surface area contributed by atoms with Crippen molar-refractivity contribution in [1.82, 2.24) is 4.90 Å². The first-order valence-electron chi connectivity index (χ1n) is 11.6. The number of aryl methyl sites for hydroxylation is 2. The highest BCUT2D eigenvalue weighted by atomic mass is 16.5. The lowest BCUT2D eigenvalue weighted by Crippen LogP contribution is -2.22. The summed E-state index contributed by atoms with van der Waals surface area (Å²) in [6.07, 6.45) is 3.07. The molecule has 0 radical (unpaired) electrons. The van der Waals surface area contributed by atoms with Gasteiger partial charge >= 0.3 is 0 Å². The zero-order chi connectivity index (χ0) is 24.2. The molecule has 0 fully saturated rings. The zero-order valence-electron chi connectivity index (χ0n) is 19.9. The fraction of sp³-hybridized carbons (Fsp3) is 0.286. The van der Waals surface area contributed by atoms with Crippen molar-refractivity contribution in [1.29, 1.82) is 0 Å². The quantitative estimate of drug-likeness (QED) is 0.383. The number of carbonyl (C=O) groups excluding carboxylic acids is 2. The van der Waals surface area contributed by atoms with Gasteiger partial charge in [-0.05, 0) is 54.7 Å². The van der Waals surface area contributed by atoms with Crippen LogP contribution in [0.3, 0.4) is 0 Å². The third-order valence-electron chi connectivity index (χ3n) is 5.37. The van der Waals surface area contributed by atoms with Crippen molar-refractivity contribution in [2.75, 3.05) is 37.9 Å². The van der Waals surface area contributed by atoms with Crippen LogP contribution < -0.4 is 15.4 Å². The molecule has 0 heterocycles. The zero-order valence-corrected chi connectivity index (χ0v) is 19.9. The summed E-state index contributed by atoms with van der Waals surface area (Å²) < 4.78 is 5.87. The number of rotatable bonds is 12. The Labute approximate surface area is 201 Å². The van der Waals surface area contributed by atoms with Crippen LogP contribution in [0.5, 0.6) is 5.75 Å². The molecule has 0 aliphatic heterocycles. The second kappa shape index (κ2) is 13.0. The van der Waals surface area contributed by atoms with E-state index < -0.39 is 0 Å². The number of benzene rings is 3. The van der Waals surface area contributed by atoms with Gasteiger partial charge < -0.3 is 20.3 Å². The number of anilines is 2. The lowest BCUT2D eigenvalue weighted by Gasteiger charge is -2.11. The van der Waals surface area contributed by atoms with E-state index in [1.54, 1.807) is 19.0 Å². The minimum absolute atomic E-state index is 0.102. The van der Waals surface area contributed by atoms with E-state index in [0.29, 0.717) is 19.4 Å². The van der Waals surface area contributed by atoms with Crippen LogP contribution in [0.4, 0.5) is 11.4 Å². The average molecular weight is 460 g/mol. The molecule has 0 saturated carbocycles. The van der Waals surface area contributed by atoms with E-state index in [0.717, 1.165) is 35.5 Å². The van der Waals surface area contributed by atoms with Gasteiger partial charge in [-0.2, -0.15) is 0 Å². The largest absolute Gasteiger partial charge is 0.494 e. The molecule has 178 valence electrons. The van der Waals surface area contributed by atoms with E-state index in [1.165, 1.54) is 5.56 Å². The van der Waals surface area contributed by atoms with Crippen molar-refractivity contribution in [3.8, 4) is 5.75 Å². The highest BCUT2D eigenvalue weighted by Gasteiger charge is 2.06. The third-order valence-corrected chi connectivity index (χ3v) is 5.37. The maximum atomic E-state index is 12.3. The van der Waals surface area contributed by atoms with Gasteiger partial charge in [-0.25, -0.2) is 0 Å². The molecule has 2 amide bonds. The maximum absolute atomic E-state index is 12.3. The first-order chi connectivity index (χ1) is 16.5. The Kier molecular flexibility index (Phi) is 9.52. The summed E-state index contributed by atoms with van der Waals surface area (Å²) in [5.74, 6) is 0.747. The second-order valence-electron chi connectivity index (χ2n) is 8.35. The number of carbonyl (C=O) groups is 2. The van der Waals surface area contributed by atoms with Crippen LogP contribution in [0.25, 0.3) is 0 Å². The first-order valence-corrected chi connectivity index (χ1v) is 11.6. The summed E-state index contributed by atoms with van der Waals surface area (Å²) in [6, 6.07) is 25.6. The Bertz CT molecular complexity index is 1050. The molecule has 3 rings (SSSR count). The Hall–Kier alpha value is -3.80. The van der Waals surface area contributed by atoms with Crippen molar-refractivity contribution < 1.29 is 14.3 Å². The highest BCUT2D eigenvalue weighted by molar-refractivity contribution is 5.93. The highest BCUT2D eigenvalue weighted by Crippen LogP contribution is 2.18. The summed E-state index contributed by atoms with van der Waals surface area (Å²) in [6.45, 7) is 0.786. The summed E-state index contributed by atoms with van der Waals surface area (Å²) in [5, 5.41) is 6.03. The van der Waals surface area contributed by atoms with Gasteiger partial charge in [-0.1, -0.05) is 48.5 Å². The van der Waals surface area contributed by atoms with Crippen LogP contribution in [-0.2, 0) is 22.4 Å². The van der Waals surface area contributed by atoms with Gasteiger partial charge in [0.2, 0.25) is 11.8 Å². The molecule has 0 unspecified atom stereocenters. The molecule has 2 N–H and O–H groups in total. The molecule has 0 aliphatic rings. The molecule has 0 aromatic heterocycles. The van der Waals surface area contributed by atoms with Gasteiger partial charge in [0.05, 0.1) is 13.2 Å². The molecule has 3 aromatic carbocycles. The van der Waals surface area contributed by atoms with Crippen molar-refractivity contribution >= 4 is 23.2 Å². The number of amides is 2. The smallest absolute Gasteiger partial charge is 0.243 e. The van der Waals surface area contributed by atoms with Gasteiger partial charge in [0, 0.05) is 38.0 Å². The van der Waals surface area contributed by atoms with E-state index >= 15 is 0 Å². The Balaban J connectivity index is 1.38. The van der Waals surface area contributed by atoms with Gasteiger partial charge in [-0.15, -0.1) is 0 Å². The molecule has 0 spiro atoms. The topological polar surface area (TPSA) is 70.7 Å². The fourth-order valence-corrected chi connectivity index (χ4v) is 3.42. The number of hydrogen-bond donors (Lipinski definition) is 2. The molecule has 0 aliphatic carbocycles. The molecule has 0 saturated heterocycles. The number of ether oxygens (including phenoxy) is 1. The standard InChI is InChI=1S/C28H33N3O3/c1-31(2)28(33)18-15-23-13-16-24(17-14-23)30-27(32)21-29-25-11-6-12-26(20-25)34-19-7-10-22-8-4-3-5-9-22/h3-6,8-9,11-14,16-17,20,29H,7,10,15,18-19,21H2,1-2H3,(H,30,32). The summed E-state index contributed by atoms with van der Waals surface area (Å²) >= 11 is 0. The van der Waals surface area contributed by atoms with Crippen molar-refractivity contribution in [2.24, 2.45) is 0 Å². The maximum Gasteiger partial charge on any atom is 0.243 e. The van der Waals surface area contributed by atoms with Crippen molar-refractivity contribution in [3.63, 3.8) is 0 Å². The van der Waals surface area contributed by atoms with Crippen molar-refractivity contribution in [3.05, 3.63) is 90.0 Å². The average Bonchev–Trinajstić information content (AvgIpc) is 2.85. The fourth-order valence-electron chi connectivity index (χ4n) is 3.42. The van der Waals surface area contributed by atoms with E-state index in [2.05, 4.69) is 22.8 Å². The molecule has 0 atom stereocenters. The molecular weight excluding hydrogens is 426 g/mol. The molecular formula is C28H33N3O3. The van der Waals surface area contributed by atoms with Gasteiger partial charge in [0.25, 0.3) is 0 Å². The first kappa shape index (κ1) is 24.8. The predicted molar refractivity (Wildman–Crippen MR) is 137 cm³/mol. The lowest BCUT2D eigenvalue weighted by molar-refractivity contribution is -0.128. The van der Waals surface area contributed by atoms with E-state index in [4.69, 9.17) is 4.74 Å².